The molecular formula is C13H10BrClO3. The number of carboxylic acid groups (broad SMARTS) is 1. The minimum Gasteiger partial charge on any atom is -0.478 e. The number of hydrogen-bond donors (Lipinski definition) is 1. The van der Waals surface area contributed by atoms with Crippen LogP contribution >= 0.6 is 27.5 Å². The van der Waals surface area contributed by atoms with Gasteiger partial charge in [-0.05, 0) is 36.8 Å². The highest BCUT2D eigenvalue weighted by Crippen LogP contribution is 2.28. The van der Waals surface area contributed by atoms with E-state index in [1.165, 1.54) is 6.07 Å². The van der Waals surface area contributed by atoms with Gasteiger partial charge in [-0.15, -0.1) is 0 Å². The molecule has 0 saturated carbocycles. The van der Waals surface area contributed by atoms with Crippen molar-refractivity contribution in [2.75, 3.05) is 0 Å². The lowest BCUT2D eigenvalue weighted by Gasteiger charge is -2.14. The Hall–Kier alpha value is -1.26. The van der Waals surface area contributed by atoms with Crippen molar-refractivity contribution in [2.24, 2.45) is 0 Å². The van der Waals surface area contributed by atoms with Gasteiger partial charge in [-0.25, -0.2) is 4.79 Å². The van der Waals surface area contributed by atoms with E-state index < -0.39 is 5.97 Å². The maximum Gasteiger partial charge on any atom is 0.339 e. The van der Waals surface area contributed by atoms with E-state index in [0.29, 0.717) is 28.8 Å². The Morgan fingerprint density at radius 2 is 2.11 bits per heavy atom. The summed E-state index contributed by atoms with van der Waals surface area (Å²) in [6.07, 6.45) is 4.91. The zero-order valence-electron chi connectivity index (χ0n) is 9.32. The quantitative estimate of drug-likeness (QED) is 0.898. The number of ether oxygens (including phenoxy) is 1. The summed E-state index contributed by atoms with van der Waals surface area (Å²) in [7, 11) is 0. The van der Waals surface area contributed by atoms with Crippen LogP contribution in [-0.2, 0) is 0 Å². The molecule has 0 aliphatic heterocycles. The van der Waals surface area contributed by atoms with Crippen LogP contribution < -0.4 is 4.74 Å². The molecule has 0 atom stereocenters. The maximum atomic E-state index is 11.1. The second kappa shape index (κ2) is 5.59. The highest BCUT2D eigenvalue weighted by Gasteiger charge is 2.14. The van der Waals surface area contributed by atoms with Gasteiger partial charge in [0.15, 0.2) is 0 Å². The Balaban J connectivity index is 2.27. The van der Waals surface area contributed by atoms with Crippen molar-refractivity contribution in [1.82, 2.24) is 0 Å². The second-order valence-electron chi connectivity index (χ2n) is 3.79. The van der Waals surface area contributed by atoms with Crippen molar-refractivity contribution in [3.8, 4) is 5.75 Å². The average Bonchev–Trinajstić information content (AvgIpc) is 2.34. The van der Waals surface area contributed by atoms with Gasteiger partial charge < -0.3 is 9.84 Å². The molecule has 1 aliphatic carbocycles. The minimum absolute atomic E-state index is 0.130. The molecule has 0 heterocycles. The summed E-state index contributed by atoms with van der Waals surface area (Å²) < 4.78 is 6.31. The van der Waals surface area contributed by atoms with Crippen LogP contribution in [-0.4, -0.2) is 11.1 Å². The number of carboxylic acids is 1. The lowest BCUT2D eigenvalue weighted by molar-refractivity contribution is 0.0693. The third kappa shape index (κ3) is 3.15. The predicted octanol–water partition coefficient (Wildman–Crippen LogP) is 4.33. The second-order valence-corrected chi connectivity index (χ2v) is 5.20. The van der Waals surface area contributed by atoms with Crippen molar-refractivity contribution >= 4 is 33.5 Å². The Morgan fingerprint density at radius 3 is 2.72 bits per heavy atom. The first-order valence-electron chi connectivity index (χ1n) is 5.32. The summed E-state index contributed by atoms with van der Waals surface area (Å²) in [4.78, 5) is 11.1. The van der Waals surface area contributed by atoms with Crippen molar-refractivity contribution in [2.45, 2.75) is 12.8 Å². The van der Waals surface area contributed by atoms with Gasteiger partial charge in [-0.3, -0.25) is 0 Å². The molecule has 5 heteroatoms. The van der Waals surface area contributed by atoms with Crippen LogP contribution in [0.2, 0.25) is 0 Å². The average molecular weight is 330 g/mol. The highest BCUT2D eigenvalue weighted by molar-refractivity contribution is 9.10. The van der Waals surface area contributed by atoms with E-state index in [-0.39, 0.29) is 5.56 Å². The van der Waals surface area contributed by atoms with Gasteiger partial charge >= 0.3 is 5.97 Å². The summed E-state index contributed by atoms with van der Waals surface area (Å²) >= 11 is 9.09. The van der Waals surface area contributed by atoms with Crippen LogP contribution in [0, 0.1) is 0 Å². The van der Waals surface area contributed by atoms with Gasteiger partial charge in [0.05, 0.1) is 0 Å². The van der Waals surface area contributed by atoms with E-state index >= 15 is 0 Å². The number of allylic oxidation sites excluding steroid dienone is 4. The molecule has 0 spiro atoms. The molecule has 2 rings (SSSR count). The van der Waals surface area contributed by atoms with E-state index in [9.17, 15) is 4.79 Å². The van der Waals surface area contributed by atoms with Crippen molar-refractivity contribution < 1.29 is 14.6 Å². The molecule has 0 saturated heterocycles. The first-order chi connectivity index (χ1) is 8.56. The van der Waals surface area contributed by atoms with Crippen molar-refractivity contribution in [3.63, 3.8) is 0 Å². The van der Waals surface area contributed by atoms with E-state index in [1.807, 2.05) is 0 Å². The maximum absolute atomic E-state index is 11.1. The molecule has 1 aliphatic rings. The van der Waals surface area contributed by atoms with Crippen LogP contribution in [0.1, 0.15) is 23.2 Å². The van der Waals surface area contributed by atoms with Gasteiger partial charge in [0, 0.05) is 15.9 Å². The summed E-state index contributed by atoms with van der Waals surface area (Å²) in [6.45, 7) is 0. The Kier molecular flexibility index (Phi) is 4.09. The fourth-order valence-electron chi connectivity index (χ4n) is 1.58. The third-order valence-corrected chi connectivity index (χ3v) is 3.28. The van der Waals surface area contributed by atoms with Crippen LogP contribution in [0.25, 0.3) is 0 Å². The number of rotatable bonds is 3. The molecule has 1 aromatic rings. The number of carbonyl (C=O) groups is 1. The third-order valence-electron chi connectivity index (χ3n) is 2.47. The summed E-state index contributed by atoms with van der Waals surface area (Å²) in [5, 5.41) is 9.88. The molecule has 0 unspecified atom stereocenters. The SMILES string of the molecule is O=C(O)c1cc(Br)ccc1OC1=CC=C(Cl)CC1. The number of benzene rings is 1. The van der Waals surface area contributed by atoms with Crippen LogP contribution in [0.15, 0.2) is 45.6 Å². The van der Waals surface area contributed by atoms with Crippen LogP contribution in [0.3, 0.4) is 0 Å². The van der Waals surface area contributed by atoms with Crippen LogP contribution in [0.5, 0.6) is 5.75 Å². The summed E-state index contributed by atoms with van der Waals surface area (Å²) in [6, 6.07) is 4.89. The molecule has 1 aromatic carbocycles. The molecule has 94 valence electrons. The van der Waals surface area contributed by atoms with E-state index in [2.05, 4.69) is 15.9 Å². The fourth-order valence-corrected chi connectivity index (χ4v) is 2.10. The normalized spacial score (nSPS) is 14.8. The number of aromatic carboxylic acids is 1. The van der Waals surface area contributed by atoms with E-state index in [1.54, 1.807) is 24.3 Å². The number of halogens is 2. The van der Waals surface area contributed by atoms with Gasteiger partial charge in [0.1, 0.15) is 17.1 Å². The zero-order valence-corrected chi connectivity index (χ0v) is 11.7. The molecule has 0 radical (unpaired) electrons. The minimum atomic E-state index is -1.02. The molecule has 3 nitrogen and oxygen atoms in total. The molecule has 0 amide bonds. The first kappa shape index (κ1) is 13.2. The van der Waals surface area contributed by atoms with Crippen molar-refractivity contribution in [1.29, 1.82) is 0 Å². The zero-order chi connectivity index (χ0) is 13.1. The monoisotopic (exact) mass is 328 g/mol. The molecule has 0 fully saturated rings. The molecule has 1 N–H and O–H groups in total. The molecule has 0 bridgehead atoms. The predicted molar refractivity (Wildman–Crippen MR) is 73.0 cm³/mol. The summed E-state index contributed by atoms with van der Waals surface area (Å²) in [5.41, 5.74) is 0.130. The Labute approximate surface area is 118 Å². The standard InChI is InChI=1S/C13H10BrClO3/c14-8-1-6-12(11(7-8)13(16)17)18-10-4-2-9(15)3-5-10/h1-2,4,6-7H,3,5H2,(H,16,17). The topological polar surface area (TPSA) is 46.5 Å². The molecule has 18 heavy (non-hydrogen) atoms. The van der Waals surface area contributed by atoms with E-state index in [4.69, 9.17) is 21.4 Å². The lowest BCUT2D eigenvalue weighted by atomic mass is 10.1. The highest BCUT2D eigenvalue weighted by atomic mass is 79.9. The van der Waals surface area contributed by atoms with Gasteiger partial charge in [0.2, 0.25) is 0 Å². The van der Waals surface area contributed by atoms with Gasteiger partial charge in [0.25, 0.3) is 0 Å². The Bertz CT molecular complexity index is 549. The Morgan fingerprint density at radius 1 is 1.33 bits per heavy atom. The first-order valence-corrected chi connectivity index (χ1v) is 6.49. The van der Waals surface area contributed by atoms with Crippen molar-refractivity contribution in [3.05, 3.63) is 51.2 Å². The summed E-state index contributed by atoms with van der Waals surface area (Å²) in [5.74, 6) is 0.0314. The smallest absolute Gasteiger partial charge is 0.339 e. The fraction of sp³-hybridized carbons (Fsp3) is 0.154. The lowest BCUT2D eigenvalue weighted by Crippen LogP contribution is -2.04. The van der Waals surface area contributed by atoms with Gasteiger partial charge in [-0.2, -0.15) is 0 Å². The molecule has 0 aromatic heterocycles. The van der Waals surface area contributed by atoms with Crippen LogP contribution in [0.4, 0.5) is 0 Å². The number of hydrogen-bond acceptors (Lipinski definition) is 2. The molecular weight excluding hydrogens is 319 g/mol. The van der Waals surface area contributed by atoms with Gasteiger partial charge in [-0.1, -0.05) is 27.5 Å². The van der Waals surface area contributed by atoms with E-state index in [0.717, 1.165) is 5.03 Å². The largest absolute Gasteiger partial charge is 0.478 e.